The number of carbonyl (C=O) groups excluding carboxylic acids is 2. The third kappa shape index (κ3) is 19.9. The maximum Gasteiger partial charge on any atom is 0.317 e. The summed E-state index contributed by atoms with van der Waals surface area (Å²) in [6.45, 7) is 19.0. The van der Waals surface area contributed by atoms with Crippen LogP contribution in [0.1, 0.15) is 198 Å². The Bertz CT molecular complexity index is 3430. The fourth-order valence-electron chi connectivity index (χ4n) is 23.2. The zero-order valence-corrected chi connectivity index (χ0v) is 73.9. The number of aliphatic hydroxyl groups is 17. The SMILES string of the molecule is CCCCCCCCCCCCNC[C@@]1(C)C2CC[C@]3(C)C(CC=C4C5CC(C)(C)CC[C@]5(C(=O)OC5OC(C)C(O)C(O)C5OC5OC(C)C(OC6OCC(O)C(OC7OCC(O)(CO)C7O)C6O)C(C)C5O)[C@H](O)C[C@]43C)[C@@]2(C)CC[C@@H]1OC1OC(C(=O)NCCCN(C)C)C(O)C(OC2OCC(O)C(O)C2O)C1OC1OC(CO)C(O)C(O)C1O. The number of hydrogen-bond donors (Lipinski definition) is 19. The van der Waals surface area contributed by atoms with Crippen LogP contribution in [0.2, 0.25) is 0 Å². The van der Waals surface area contributed by atoms with E-state index >= 15 is 4.79 Å². The van der Waals surface area contributed by atoms with Gasteiger partial charge in [0.25, 0.3) is 5.91 Å². The van der Waals surface area contributed by atoms with Crippen molar-refractivity contribution in [3.8, 4) is 0 Å². The number of nitrogens with zero attached hydrogens (tertiary/aromatic N) is 1. The molecule has 7 saturated heterocycles. The number of fused-ring (bicyclic) bond motifs is 7. The normalized spacial score (nSPS) is 48.7. The van der Waals surface area contributed by atoms with Gasteiger partial charge in [-0.15, -0.1) is 0 Å². The highest BCUT2D eigenvalue weighted by molar-refractivity contribution is 5.82. The molecule has 4 saturated carbocycles. The van der Waals surface area contributed by atoms with Crippen LogP contribution in [0.3, 0.4) is 0 Å². The molecule has 0 aromatic heterocycles. The first-order chi connectivity index (χ1) is 58.1. The summed E-state index contributed by atoms with van der Waals surface area (Å²) in [5, 5.41) is 199. The highest BCUT2D eigenvalue weighted by Gasteiger charge is 2.73. The molecule has 36 nitrogen and oxygen atoms in total. The Hall–Kier alpha value is -2.60. The quantitative estimate of drug-likeness (QED) is 0.0163. The van der Waals surface area contributed by atoms with E-state index in [4.69, 9.17) is 66.3 Å². The van der Waals surface area contributed by atoms with Gasteiger partial charge in [0.2, 0.25) is 6.29 Å². The molecule has 123 heavy (non-hydrogen) atoms. The van der Waals surface area contributed by atoms with Crippen molar-refractivity contribution in [1.29, 1.82) is 0 Å². The molecule has 0 radical (unpaired) electrons. The third-order valence-corrected chi connectivity index (χ3v) is 31.1. The molecule has 19 N–H and O–H groups in total. The van der Waals surface area contributed by atoms with E-state index in [1.807, 2.05) is 19.0 Å². The van der Waals surface area contributed by atoms with E-state index in [-0.39, 0.29) is 36.6 Å². The highest BCUT2D eigenvalue weighted by atomic mass is 16.8. The maximum atomic E-state index is 16.1. The Morgan fingerprint density at radius 3 is 1.82 bits per heavy atom. The van der Waals surface area contributed by atoms with Gasteiger partial charge < -0.3 is 169 Å². The monoisotopic (exact) mass is 1760 g/mol. The molecule has 0 aromatic carbocycles. The van der Waals surface area contributed by atoms with Gasteiger partial charge in [0.05, 0.1) is 63.6 Å². The Balaban J connectivity index is 0.819. The Morgan fingerprint density at radius 2 is 1.15 bits per heavy atom. The first kappa shape index (κ1) is 99.4. The molecule has 7 aliphatic heterocycles. The van der Waals surface area contributed by atoms with E-state index in [1.54, 1.807) is 13.8 Å². The number of carbonyl (C=O) groups is 2. The van der Waals surface area contributed by atoms with E-state index in [0.29, 0.717) is 71.0 Å². The molecule has 5 aliphatic carbocycles. The van der Waals surface area contributed by atoms with Gasteiger partial charge in [-0.3, -0.25) is 9.59 Å². The number of hydrogen-bond acceptors (Lipinski definition) is 35. The van der Waals surface area contributed by atoms with Crippen LogP contribution in [0, 0.1) is 56.2 Å². The molecular formula is C87H149N3O33. The third-order valence-electron chi connectivity index (χ3n) is 31.1. The molecule has 710 valence electrons. The number of esters is 1. The van der Waals surface area contributed by atoms with E-state index in [2.05, 4.69) is 65.2 Å². The lowest BCUT2D eigenvalue weighted by Gasteiger charge is -2.72. The average Bonchev–Trinajstić information content (AvgIpc) is 0.983. The number of unbranched alkanes of at least 4 members (excludes halogenated alkanes) is 9. The van der Waals surface area contributed by atoms with Gasteiger partial charge in [-0.25, -0.2) is 0 Å². The smallest absolute Gasteiger partial charge is 0.317 e. The molecule has 0 bridgehead atoms. The molecule has 12 rings (SSSR count). The minimum atomic E-state index is -2.06. The minimum Gasteiger partial charge on any atom is -0.432 e. The topological polar surface area (TPSA) is 535 Å². The van der Waals surface area contributed by atoms with Crippen LogP contribution >= 0.6 is 0 Å². The summed E-state index contributed by atoms with van der Waals surface area (Å²) in [6, 6.07) is 0. The number of allylic oxidation sites excluding steroid dienone is 2. The molecule has 34 unspecified atom stereocenters. The van der Waals surface area contributed by atoms with E-state index in [0.717, 1.165) is 31.3 Å². The van der Waals surface area contributed by atoms with Gasteiger partial charge in [0, 0.05) is 24.4 Å². The van der Waals surface area contributed by atoms with Crippen LogP contribution < -0.4 is 10.6 Å². The van der Waals surface area contributed by atoms with E-state index in [9.17, 15) is 91.6 Å². The summed E-state index contributed by atoms with van der Waals surface area (Å²) < 4.78 is 87.7. The Morgan fingerprint density at radius 1 is 0.537 bits per heavy atom. The summed E-state index contributed by atoms with van der Waals surface area (Å²) in [5.74, 6) is -3.28. The summed E-state index contributed by atoms with van der Waals surface area (Å²) >= 11 is 0. The Kier molecular flexibility index (Phi) is 33.0. The fourth-order valence-corrected chi connectivity index (χ4v) is 23.2. The zero-order chi connectivity index (χ0) is 89.5. The largest absolute Gasteiger partial charge is 0.432 e. The van der Waals surface area contributed by atoms with Crippen molar-refractivity contribution in [2.24, 2.45) is 56.2 Å². The first-order valence-electron chi connectivity index (χ1n) is 45.5. The highest BCUT2D eigenvalue weighted by Crippen LogP contribution is 2.76. The number of ether oxygens (including phenoxy) is 14. The van der Waals surface area contributed by atoms with Crippen LogP contribution in [-0.4, -0.2) is 373 Å². The number of nitrogens with one attached hydrogen (secondary N) is 2. The predicted molar refractivity (Wildman–Crippen MR) is 433 cm³/mol. The molecule has 36 heteroatoms. The summed E-state index contributed by atoms with van der Waals surface area (Å²) in [5.41, 5.74) is -5.57. The second kappa shape index (κ2) is 40.9. The minimum absolute atomic E-state index is 0.0627. The number of rotatable bonds is 34. The number of amides is 1. The summed E-state index contributed by atoms with van der Waals surface area (Å²) in [7, 11) is 3.76. The Labute approximate surface area is 722 Å². The first-order valence-corrected chi connectivity index (χ1v) is 45.5. The molecule has 12 aliphatic rings. The van der Waals surface area contributed by atoms with Gasteiger partial charge >= 0.3 is 5.97 Å². The van der Waals surface area contributed by atoms with Gasteiger partial charge in [-0.2, -0.15) is 0 Å². The second-order valence-corrected chi connectivity index (χ2v) is 40.1. The molecule has 1 amide bonds. The van der Waals surface area contributed by atoms with Crippen molar-refractivity contribution in [2.45, 2.75) is 394 Å². The van der Waals surface area contributed by atoms with Crippen LogP contribution in [0.25, 0.3) is 0 Å². The van der Waals surface area contributed by atoms with Gasteiger partial charge in [-0.05, 0) is 151 Å². The van der Waals surface area contributed by atoms with Crippen molar-refractivity contribution >= 4 is 11.9 Å². The lowest BCUT2D eigenvalue weighted by Crippen LogP contribution is -2.70. The number of aliphatic hydroxyl groups excluding tert-OH is 16. The van der Waals surface area contributed by atoms with Gasteiger partial charge in [0.15, 0.2) is 49.9 Å². The van der Waals surface area contributed by atoms with Crippen molar-refractivity contribution in [2.75, 3.05) is 73.3 Å². The van der Waals surface area contributed by atoms with Gasteiger partial charge in [-0.1, -0.05) is 125 Å². The summed E-state index contributed by atoms with van der Waals surface area (Å²) in [4.78, 5) is 32.7. The lowest BCUT2D eigenvalue weighted by atomic mass is 9.33. The molecule has 0 spiro atoms. The maximum absolute atomic E-state index is 16.1. The van der Waals surface area contributed by atoms with Gasteiger partial charge in [0.1, 0.15) is 115 Å². The molecule has 7 heterocycles. The van der Waals surface area contributed by atoms with Crippen molar-refractivity contribution in [1.82, 2.24) is 15.5 Å². The fraction of sp³-hybridized carbons (Fsp3) is 0.954. The van der Waals surface area contributed by atoms with E-state index in [1.165, 1.54) is 45.4 Å². The van der Waals surface area contributed by atoms with E-state index < -0.39 is 280 Å². The standard InChI is InChI=1S/C87H149N3O33/c1-13-14-15-16-17-18-19-20-21-22-32-88-40-83(8)51-26-29-84(9)52(82(51,7)28-27-54(83)116-78-70(122-76-62(103)59(100)58(99)50(37-91)115-76)67(119-73-61(102)57(98)48(93)38-110-73)63(104)68(120-78)72(107)89-33-23-34-90(11)12)25-24-46-47-35-81(5,6)30-31-87(47,53(95)36-85(46,84)10)80(108)123-77-69(60(101)56(97)44(3)113-77)121-75-55(96)43(2)65(45(4)114-75)117-74-64(105)66(49(94)39-111-74)118-79-71(106)86(109,41-92)42-112-79/h24,43-45,47-71,73-79,88,91-106,109H,13-23,25-42H2,1-12H3,(H,89,107)/t43?,44?,45?,47?,48?,49?,50?,51?,52?,53-,54+,55?,56?,57?,58?,59?,60?,61?,62?,63?,64?,65?,66?,67?,68?,69?,70?,71?,73?,74?,75?,76?,77?,78?,79?,82+,83+,84-,85-,86?,87-/m1/s1. The predicted octanol–water partition coefficient (Wildman–Crippen LogP) is -0.776. The molecule has 41 atom stereocenters. The zero-order valence-electron chi connectivity index (χ0n) is 73.9. The van der Waals surface area contributed by atoms with Crippen molar-refractivity contribution < 1.29 is 163 Å². The molecular weight excluding hydrogens is 1610 g/mol. The lowest BCUT2D eigenvalue weighted by molar-refractivity contribution is -0.392. The summed E-state index contributed by atoms with van der Waals surface area (Å²) in [6.07, 6.45) is -31.7. The van der Waals surface area contributed by atoms with Crippen LogP contribution in [0.4, 0.5) is 0 Å². The molecule has 11 fully saturated rings. The van der Waals surface area contributed by atoms with Crippen LogP contribution in [0.15, 0.2) is 11.6 Å². The second-order valence-electron chi connectivity index (χ2n) is 40.1. The van der Waals surface area contributed by atoms with Crippen molar-refractivity contribution in [3.05, 3.63) is 11.6 Å². The molecule has 0 aromatic rings. The average molecular weight is 1770 g/mol. The van der Waals surface area contributed by atoms with Crippen LogP contribution in [0.5, 0.6) is 0 Å². The van der Waals surface area contributed by atoms with Crippen molar-refractivity contribution in [3.63, 3.8) is 0 Å². The van der Waals surface area contributed by atoms with Crippen LogP contribution in [-0.2, 0) is 75.9 Å².